The molecule has 1 saturated heterocycles. The van der Waals surface area contributed by atoms with Crippen LogP contribution in [0.4, 0.5) is 0 Å². The number of likely N-dealkylation sites (tertiary alicyclic amines) is 1. The van der Waals surface area contributed by atoms with E-state index in [2.05, 4.69) is 10.0 Å². The van der Waals surface area contributed by atoms with Crippen molar-refractivity contribution in [1.29, 1.82) is 0 Å². The highest BCUT2D eigenvalue weighted by molar-refractivity contribution is 5.78. The number of hydrogen-bond acceptors (Lipinski definition) is 3. The van der Waals surface area contributed by atoms with Gasteiger partial charge in [-0.05, 0) is 35.6 Å². The molecule has 1 aliphatic rings. The molecule has 0 N–H and O–H groups in total. The first-order chi connectivity index (χ1) is 9.72. The highest BCUT2D eigenvalue weighted by atomic mass is 16.5. The number of carbonyl (C=O) groups excluding carboxylic acids is 1. The predicted octanol–water partition coefficient (Wildman–Crippen LogP) is 2.40. The molecule has 0 spiro atoms. The summed E-state index contributed by atoms with van der Waals surface area (Å²) in [5.74, 6) is 1.14. The largest absolute Gasteiger partial charge is 0.497 e. The summed E-state index contributed by atoms with van der Waals surface area (Å²) in [6.07, 6.45) is 1.31. The summed E-state index contributed by atoms with van der Waals surface area (Å²) in [6, 6.07) is 7.87. The molecule has 1 atom stereocenters. The zero-order chi connectivity index (χ0) is 14.4. The lowest BCUT2D eigenvalue weighted by atomic mass is 10.1. The molecular formula is C14H18N4O2. The molecule has 0 bridgehead atoms. The van der Waals surface area contributed by atoms with Gasteiger partial charge in [0.1, 0.15) is 5.75 Å². The van der Waals surface area contributed by atoms with Crippen LogP contribution < -0.4 is 4.74 Å². The molecule has 6 nitrogen and oxygen atoms in total. The van der Waals surface area contributed by atoms with Gasteiger partial charge in [-0.1, -0.05) is 17.2 Å². The molecule has 1 aliphatic heterocycles. The molecule has 1 heterocycles. The van der Waals surface area contributed by atoms with Crippen LogP contribution in [0.25, 0.3) is 10.4 Å². The maximum absolute atomic E-state index is 11.8. The Bertz CT molecular complexity index is 508. The van der Waals surface area contributed by atoms with Crippen molar-refractivity contribution in [3.8, 4) is 5.75 Å². The number of benzene rings is 1. The Hall–Kier alpha value is -2.20. The Morgan fingerprint density at radius 1 is 1.45 bits per heavy atom. The quantitative estimate of drug-likeness (QED) is 0.453. The van der Waals surface area contributed by atoms with Crippen LogP contribution in [0.15, 0.2) is 29.4 Å². The van der Waals surface area contributed by atoms with Crippen molar-refractivity contribution in [1.82, 2.24) is 4.90 Å². The molecule has 20 heavy (non-hydrogen) atoms. The van der Waals surface area contributed by atoms with Crippen LogP contribution in [-0.2, 0) is 11.2 Å². The fourth-order valence-corrected chi connectivity index (χ4v) is 2.40. The topological polar surface area (TPSA) is 78.3 Å². The highest BCUT2D eigenvalue weighted by Gasteiger charge is 2.28. The number of rotatable bonds is 6. The fourth-order valence-electron chi connectivity index (χ4n) is 2.40. The Labute approximate surface area is 118 Å². The summed E-state index contributed by atoms with van der Waals surface area (Å²) in [5.41, 5.74) is 9.48. The van der Waals surface area contributed by atoms with Gasteiger partial charge in [-0.25, -0.2) is 0 Å². The summed E-state index contributed by atoms with van der Waals surface area (Å²) >= 11 is 0. The van der Waals surface area contributed by atoms with Crippen molar-refractivity contribution in [3.63, 3.8) is 0 Å². The third-order valence-corrected chi connectivity index (χ3v) is 3.53. The minimum atomic E-state index is 0.150. The Kier molecular flexibility index (Phi) is 4.85. The van der Waals surface area contributed by atoms with Crippen LogP contribution in [0.3, 0.4) is 0 Å². The van der Waals surface area contributed by atoms with Gasteiger partial charge < -0.3 is 9.64 Å². The van der Waals surface area contributed by atoms with Crippen LogP contribution in [0.2, 0.25) is 0 Å². The number of ether oxygens (including phenoxy) is 1. The Morgan fingerprint density at radius 2 is 2.20 bits per heavy atom. The van der Waals surface area contributed by atoms with Gasteiger partial charge in [0.15, 0.2) is 0 Å². The lowest BCUT2D eigenvalue weighted by Gasteiger charge is -2.16. The van der Waals surface area contributed by atoms with Crippen molar-refractivity contribution < 1.29 is 9.53 Å². The summed E-state index contributed by atoms with van der Waals surface area (Å²) in [4.78, 5) is 16.4. The van der Waals surface area contributed by atoms with E-state index < -0.39 is 0 Å². The number of azide groups is 1. The van der Waals surface area contributed by atoms with Crippen molar-refractivity contribution in [2.45, 2.75) is 12.8 Å². The minimum absolute atomic E-state index is 0.150. The molecule has 0 radical (unpaired) electrons. The second-order valence-corrected chi connectivity index (χ2v) is 4.92. The lowest BCUT2D eigenvalue weighted by Crippen LogP contribution is -2.27. The number of nitrogens with zero attached hydrogens (tertiary/aromatic N) is 4. The normalized spacial score (nSPS) is 17.9. The van der Waals surface area contributed by atoms with Gasteiger partial charge in [0.25, 0.3) is 0 Å². The Morgan fingerprint density at radius 3 is 2.85 bits per heavy atom. The van der Waals surface area contributed by atoms with E-state index >= 15 is 0 Å². The van der Waals surface area contributed by atoms with Gasteiger partial charge in [0, 0.05) is 31.0 Å². The SMILES string of the molecule is COc1ccc(CCN2CC(CN=[N+]=[N-])CC2=O)cc1. The second kappa shape index (κ2) is 6.82. The van der Waals surface area contributed by atoms with Gasteiger partial charge >= 0.3 is 0 Å². The molecule has 0 aliphatic carbocycles. The van der Waals surface area contributed by atoms with Gasteiger partial charge in [-0.3, -0.25) is 4.79 Å². The molecule has 1 aromatic rings. The Balaban J connectivity index is 1.84. The predicted molar refractivity (Wildman–Crippen MR) is 75.4 cm³/mol. The molecule has 106 valence electrons. The van der Waals surface area contributed by atoms with Crippen LogP contribution in [0.5, 0.6) is 5.75 Å². The van der Waals surface area contributed by atoms with Gasteiger partial charge in [0.2, 0.25) is 5.91 Å². The van der Waals surface area contributed by atoms with Crippen LogP contribution in [-0.4, -0.2) is 37.6 Å². The highest BCUT2D eigenvalue weighted by Crippen LogP contribution is 2.19. The zero-order valence-electron chi connectivity index (χ0n) is 11.5. The average Bonchev–Trinajstić information content (AvgIpc) is 2.83. The van der Waals surface area contributed by atoms with Gasteiger partial charge in [-0.2, -0.15) is 0 Å². The molecule has 1 unspecified atom stereocenters. The van der Waals surface area contributed by atoms with E-state index in [0.29, 0.717) is 26.1 Å². The minimum Gasteiger partial charge on any atom is -0.497 e. The summed E-state index contributed by atoms with van der Waals surface area (Å²) in [7, 11) is 1.64. The lowest BCUT2D eigenvalue weighted by molar-refractivity contribution is -0.127. The first-order valence-corrected chi connectivity index (χ1v) is 6.64. The van der Waals surface area contributed by atoms with Gasteiger partial charge in [0.05, 0.1) is 7.11 Å². The zero-order valence-corrected chi connectivity index (χ0v) is 11.5. The van der Waals surface area contributed by atoms with Crippen molar-refractivity contribution in [3.05, 3.63) is 40.3 Å². The molecule has 0 aromatic heterocycles. The maximum atomic E-state index is 11.8. The fraction of sp³-hybridized carbons (Fsp3) is 0.500. The van der Waals surface area contributed by atoms with E-state index in [4.69, 9.17) is 10.3 Å². The smallest absolute Gasteiger partial charge is 0.222 e. The second-order valence-electron chi connectivity index (χ2n) is 4.92. The van der Waals surface area contributed by atoms with Crippen molar-refractivity contribution in [2.75, 3.05) is 26.7 Å². The maximum Gasteiger partial charge on any atom is 0.222 e. The van der Waals surface area contributed by atoms with E-state index in [0.717, 1.165) is 12.2 Å². The summed E-state index contributed by atoms with van der Waals surface area (Å²) in [6.45, 7) is 1.80. The molecule has 1 aromatic carbocycles. The molecule has 2 rings (SSSR count). The van der Waals surface area contributed by atoms with Crippen molar-refractivity contribution >= 4 is 5.91 Å². The van der Waals surface area contributed by atoms with E-state index in [-0.39, 0.29) is 11.8 Å². The first kappa shape index (κ1) is 14.2. The third kappa shape index (κ3) is 3.65. The first-order valence-electron chi connectivity index (χ1n) is 6.64. The third-order valence-electron chi connectivity index (χ3n) is 3.53. The van der Waals surface area contributed by atoms with Crippen LogP contribution >= 0.6 is 0 Å². The molecule has 1 fully saturated rings. The van der Waals surface area contributed by atoms with E-state index in [1.807, 2.05) is 29.2 Å². The van der Waals surface area contributed by atoms with Gasteiger partial charge in [-0.15, -0.1) is 0 Å². The molecule has 0 saturated carbocycles. The number of methoxy groups -OCH3 is 1. The number of hydrogen-bond donors (Lipinski definition) is 0. The summed E-state index contributed by atoms with van der Waals surface area (Å²) < 4.78 is 5.11. The molecular weight excluding hydrogens is 256 g/mol. The van der Waals surface area contributed by atoms with E-state index in [9.17, 15) is 4.79 Å². The van der Waals surface area contributed by atoms with Crippen LogP contribution in [0.1, 0.15) is 12.0 Å². The summed E-state index contributed by atoms with van der Waals surface area (Å²) in [5, 5.41) is 3.55. The number of carbonyl (C=O) groups is 1. The van der Waals surface area contributed by atoms with E-state index in [1.54, 1.807) is 7.11 Å². The average molecular weight is 274 g/mol. The monoisotopic (exact) mass is 274 g/mol. The number of amides is 1. The molecule has 1 amide bonds. The van der Waals surface area contributed by atoms with E-state index in [1.165, 1.54) is 5.56 Å². The van der Waals surface area contributed by atoms with Crippen molar-refractivity contribution in [2.24, 2.45) is 11.0 Å². The standard InChI is InChI=1S/C14H18N4O2/c1-20-13-4-2-11(3-5-13)6-7-18-10-12(8-14(18)19)9-16-17-15/h2-5,12H,6-10H2,1H3. The van der Waals surface area contributed by atoms with Crippen LogP contribution in [0, 0.1) is 5.92 Å². The molecule has 6 heteroatoms.